The van der Waals surface area contributed by atoms with Gasteiger partial charge in [-0.1, -0.05) is 0 Å². The lowest BCUT2D eigenvalue weighted by Gasteiger charge is -2.10. The average molecular weight is 206 g/mol. The monoisotopic (exact) mass is 206 g/mol. The van der Waals surface area contributed by atoms with Gasteiger partial charge in [0.1, 0.15) is 0 Å². The lowest BCUT2D eigenvalue weighted by atomic mass is 10.1. The highest BCUT2D eigenvalue weighted by molar-refractivity contribution is 5.34. The molecule has 15 heavy (non-hydrogen) atoms. The van der Waals surface area contributed by atoms with Crippen LogP contribution in [0.25, 0.3) is 5.78 Å². The van der Waals surface area contributed by atoms with Gasteiger partial charge in [0, 0.05) is 18.1 Å². The van der Waals surface area contributed by atoms with Gasteiger partial charge >= 0.3 is 0 Å². The predicted octanol–water partition coefficient (Wildman–Crippen LogP) is 0.366. The molecule has 1 saturated heterocycles. The van der Waals surface area contributed by atoms with E-state index in [9.17, 15) is 5.11 Å². The molecule has 2 aromatic rings. The zero-order valence-corrected chi connectivity index (χ0v) is 8.57. The van der Waals surface area contributed by atoms with E-state index >= 15 is 0 Å². The lowest BCUT2D eigenvalue weighted by molar-refractivity contribution is 0.158. The lowest BCUT2D eigenvalue weighted by Crippen LogP contribution is -2.21. The van der Waals surface area contributed by atoms with Gasteiger partial charge in [-0.05, 0) is 19.9 Å². The first-order valence-electron chi connectivity index (χ1n) is 5.20. The fraction of sp³-hybridized carbons (Fsp3) is 0.500. The van der Waals surface area contributed by atoms with E-state index in [2.05, 4.69) is 15.3 Å². The van der Waals surface area contributed by atoms with E-state index in [1.54, 1.807) is 0 Å². The van der Waals surface area contributed by atoms with Crippen molar-refractivity contribution in [3.8, 4) is 0 Å². The third-order valence-corrected chi connectivity index (χ3v) is 2.90. The van der Waals surface area contributed by atoms with Gasteiger partial charge in [-0.25, -0.2) is 4.98 Å². The molecule has 0 saturated carbocycles. The number of hydrogen-bond acceptors (Lipinski definition) is 3. The molecular weight excluding hydrogens is 192 g/mol. The molecule has 0 aliphatic carbocycles. The van der Waals surface area contributed by atoms with Crippen LogP contribution in [0.3, 0.4) is 0 Å². The number of rotatable bonds is 1. The summed E-state index contributed by atoms with van der Waals surface area (Å²) in [6, 6.07) is -0.0152. The van der Waals surface area contributed by atoms with Crippen LogP contribution in [0.1, 0.15) is 23.9 Å². The largest absolute Gasteiger partial charge is 0.391 e. The second kappa shape index (κ2) is 3.08. The van der Waals surface area contributed by atoms with Gasteiger partial charge in [0.25, 0.3) is 0 Å². The van der Waals surface area contributed by atoms with Gasteiger partial charge < -0.3 is 15.4 Å². The number of aryl methyl sites for hydroxylation is 1. The Morgan fingerprint density at radius 3 is 3.07 bits per heavy atom. The number of aliphatic hydroxyl groups excluding tert-OH is 1. The summed E-state index contributed by atoms with van der Waals surface area (Å²) in [6.45, 7) is 2.85. The van der Waals surface area contributed by atoms with Crippen molar-refractivity contribution in [2.75, 3.05) is 6.54 Å². The molecule has 1 aliphatic heterocycles. The number of nitrogens with one attached hydrogen (secondary N) is 2. The first-order valence-corrected chi connectivity index (χ1v) is 5.20. The van der Waals surface area contributed by atoms with Crippen LogP contribution >= 0.6 is 0 Å². The second-order valence-corrected chi connectivity index (χ2v) is 4.12. The van der Waals surface area contributed by atoms with Crippen LogP contribution in [-0.4, -0.2) is 32.1 Å². The molecule has 5 heteroatoms. The van der Waals surface area contributed by atoms with E-state index in [4.69, 9.17) is 0 Å². The minimum absolute atomic E-state index is 0.0152. The maximum atomic E-state index is 9.74. The number of H-pyrrole nitrogens is 1. The number of aromatic amines is 1. The van der Waals surface area contributed by atoms with Crippen molar-refractivity contribution in [1.29, 1.82) is 0 Å². The van der Waals surface area contributed by atoms with Gasteiger partial charge in [-0.2, -0.15) is 0 Å². The Balaban J connectivity index is 2.00. The summed E-state index contributed by atoms with van der Waals surface area (Å²) in [4.78, 5) is 7.61. The summed E-state index contributed by atoms with van der Waals surface area (Å²) in [7, 11) is 0. The van der Waals surface area contributed by atoms with E-state index in [0.717, 1.165) is 30.1 Å². The maximum Gasteiger partial charge on any atom is 0.211 e. The Hall–Kier alpha value is -1.33. The second-order valence-electron chi connectivity index (χ2n) is 4.12. The van der Waals surface area contributed by atoms with Crippen LogP contribution in [0, 0.1) is 6.92 Å². The number of aromatic nitrogens is 3. The van der Waals surface area contributed by atoms with Crippen molar-refractivity contribution < 1.29 is 5.11 Å². The molecule has 3 N–H and O–H groups in total. The fourth-order valence-corrected chi connectivity index (χ4v) is 2.16. The highest BCUT2D eigenvalue weighted by atomic mass is 16.3. The number of nitrogens with zero attached hydrogens (tertiary/aromatic N) is 2. The number of imidazole rings is 2. The Labute approximate surface area is 87.1 Å². The van der Waals surface area contributed by atoms with Crippen LogP contribution in [0.4, 0.5) is 0 Å². The van der Waals surface area contributed by atoms with Crippen molar-refractivity contribution in [3.63, 3.8) is 0 Å². The highest BCUT2D eigenvalue weighted by Gasteiger charge is 2.28. The maximum absolute atomic E-state index is 9.74. The summed E-state index contributed by atoms with van der Waals surface area (Å²) in [5.74, 6) is 0.836. The SMILES string of the molecule is Cc1cn2cc(C3NCCC3O)nc2[nH]1. The van der Waals surface area contributed by atoms with Crippen molar-refractivity contribution in [1.82, 2.24) is 19.7 Å². The normalized spacial score (nSPS) is 26.5. The van der Waals surface area contributed by atoms with E-state index in [1.807, 2.05) is 23.7 Å². The molecule has 0 amide bonds. The highest BCUT2D eigenvalue weighted by Crippen LogP contribution is 2.23. The van der Waals surface area contributed by atoms with Crippen molar-refractivity contribution in [3.05, 3.63) is 23.8 Å². The molecule has 3 rings (SSSR count). The minimum Gasteiger partial charge on any atom is -0.391 e. The molecule has 1 fully saturated rings. The van der Waals surface area contributed by atoms with E-state index < -0.39 is 0 Å². The molecular formula is C10H14N4O. The molecule has 2 unspecified atom stereocenters. The average Bonchev–Trinajstić information content (AvgIpc) is 2.78. The van der Waals surface area contributed by atoms with E-state index in [-0.39, 0.29) is 12.1 Å². The third kappa shape index (κ3) is 1.35. The van der Waals surface area contributed by atoms with Crippen LogP contribution in [0.5, 0.6) is 0 Å². The number of hydrogen-bond donors (Lipinski definition) is 3. The van der Waals surface area contributed by atoms with E-state index in [1.165, 1.54) is 0 Å². The summed E-state index contributed by atoms with van der Waals surface area (Å²) < 4.78 is 1.96. The smallest absolute Gasteiger partial charge is 0.211 e. The molecule has 1 aliphatic rings. The molecule has 80 valence electrons. The summed E-state index contributed by atoms with van der Waals surface area (Å²) in [6.07, 6.45) is 4.44. The summed E-state index contributed by atoms with van der Waals surface area (Å²) in [5.41, 5.74) is 2.00. The van der Waals surface area contributed by atoms with Crippen molar-refractivity contribution >= 4 is 5.78 Å². The molecule has 5 nitrogen and oxygen atoms in total. The van der Waals surface area contributed by atoms with Crippen LogP contribution in [0.15, 0.2) is 12.4 Å². The topological polar surface area (TPSA) is 65.3 Å². The molecule has 2 atom stereocenters. The Kier molecular flexibility index (Phi) is 1.83. The van der Waals surface area contributed by atoms with E-state index in [0.29, 0.717) is 0 Å². The molecule has 3 heterocycles. The molecule has 0 aromatic carbocycles. The molecule has 0 radical (unpaired) electrons. The predicted molar refractivity (Wildman–Crippen MR) is 55.6 cm³/mol. The minimum atomic E-state index is -0.314. The molecule has 0 bridgehead atoms. The Morgan fingerprint density at radius 2 is 2.40 bits per heavy atom. The van der Waals surface area contributed by atoms with Crippen LogP contribution in [-0.2, 0) is 0 Å². The first kappa shape index (κ1) is 8.94. The standard InChI is InChI=1S/C10H14N4O/c1-6-4-14-5-7(13-10(14)12-6)9-8(15)2-3-11-9/h4-5,8-9,11,15H,2-3H2,1H3,(H,12,13). The van der Waals surface area contributed by atoms with Crippen molar-refractivity contribution in [2.45, 2.75) is 25.5 Å². The Bertz CT molecular complexity index is 455. The molecule has 2 aromatic heterocycles. The molecule has 0 spiro atoms. The number of aliphatic hydroxyl groups is 1. The first-order chi connectivity index (χ1) is 7.24. The third-order valence-electron chi connectivity index (χ3n) is 2.90. The zero-order chi connectivity index (χ0) is 10.4. The van der Waals surface area contributed by atoms with Gasteiger partial charge in [-0.3, -0.25) is 4.40 Å². The zero-order valence-electron chi connectivity index (χ0n) is 8.57. The quantitative estimate of drug-likeness (QED) is 0.631. The Morgan fingerprint density at radius 1 is 1.53 bits per heavy atom. The van der Waals surface area contributed by atoms with Crippen molar-refractivity contribution in [2.24, 2.45) is 0 Å². The summed E-state index contributed by atoms with van der Waals surface area (Å²) >= 11 is 0. The van der Waals surface area contributed by atoms with Gasteiger partial charge in [0.05, 0.1) is 17.8 Å². The number of fused-ring (bicyclic) bond motifs is 1. The summed E-state index contributed by atoms with van der Waals surface area (Å²) in [5, 5.41) is 13.0. The fourth-order valence-electron chi connectivity index (χ4n) is 2.16. The van der Waals surface area contributed by atoms with Crippen LogP contribution < -0.4 is 5.32 Å². The van der Waals surface area contributed by atoms with Crippen LogP contribution in [0.2, 0.25) is 0 Å². The van der Waals surface area contributed by atoms with Gasteiger partial charge in [0.15, 0.2) is 0 Å². The van der Waals surface area contributed by atoms with Gasteiger partial charge in [-0.15, -0.1) is 0 Å². The van der Waals surface area contributed by atoms with Gasteiger partial charge in [0.2, 0.25) is 5.78 Å².